The van der Waals surface area contributed by atoms with Crippen molar-refractivity contribution in [1.29, 1.82) is 0 Å². The fourth-order valence-electron chi connectivity index (χ4n) is 2.14. The zero-order chi connectivity index (χ0) is 8.27. The molecule has 0 amide bonds. The van der Waals surface area contributed by atoms with Crippen LogP contribution in [0.25, 0.3) is 0 Å². The van der Waals surface area contributed by atoms with Crippen LogP contribution in [-0.4, -0.2) is 11.2 Å². The van der Waals surface area contributed by atoms with Crippen LogP contribution in [0.3, 0.4) is 0 Å². The molecule has 0 saturated heterocycles. The maximum atomic E-state index is 9.39. The lowest BCUT2D eigenvalue weighted by Crippen LogP contribution is -2.20. The second kappa shape index (κ2) is 4.10. The van der Waals surface area contributed by atoms with Gasteiger partial charge >= 0.3 is 0 Å². The third-order valence-corrected chi connectivity index (χ3v) is 2.56. The molecule has 0 aromatic rings. The lowest BCUT2D eigenvalue weighted by Gasteiger charge is -2.26. The quantitative estimate of drug-likeness (QED) is 0.651. The Kier molecular flexibility index (Phi) is 3.38. The van der Waals surface area contributed by atoms with Gasteiger partial charge in [0.25, 0.3) is 0 Å². The monoisotopic (exact) mass is 156 g/mol. The Balaban J connectivity index is 2.23. The van der Waals surface area contributed by atoms with Gasteiger partial charge < -0.3 is 5.11 Å². The number of aliphatic hydroxyl groups excluding tert-OH is 1. The minimum atomic E-state index is 0.00694. The Morgan fingerprint density at radius 1 is 1.36 bits per heavy atom. The molecule has 1 N–H and O–H groups in total. The molecule has 1 saturated carbocycles. The molecule has 66 valence electrons. The molecule has 0 bridgehead atoms. The van der Waals surface area contributed by atoms with E-state index in [9.17, 15) is 5.11 Å². The molecule has 0 aliphatic heterocycles. The van der Waals surface area contributed by atoms with Crippen molar-refractivity contribution in [3.8, 4) is 0 Å². The molecule has 0 aromatic carbocycles. The first-order chi connectivity index (χ1) is 5.18. The van der Waals surface area contributed by atoms with Gasteiger partial charge in [0.05, 0.1) is 6.10 Å². The zero-order valence-electron chi connectivity index (χ0n) is 7.71. The van der Waals surface area contributed by atoms with Gasteiger partial charge in [0.2, 0.25) is 0 Å². The highest BCUT2D eigenvalue weighted by molar-refractivity contribution is 4.72. The molecule has 0 heterocycles. The molecule has 1 nitrogen and oxygen atoms in total. The van der Waals surface area contributed by atoms with Gasteiger partial charge in [0.1, 0.15) is 0 Å². The van der Waals surface area contributed by atoms with E-state index in [0.717, 1.165) is 24.7 Å². The average Bonchev–Trinajstić information content (AvgIpc) is 1.85. The highest BCUT2D eigenvalue weighted by atomic mass is 16.3. The van der Waals surface area contributed by atoms with Crippen molar-refractivity contribution in [1.82, 2.24) is 0 Å². The van der Waals surface area contributed by atoms with Crippen molar-refractivity contribution in [2.45, 2.75) is 52.1 Å². The molecule has 11 heavy (non-hydrogen) atoms. The Labute approximate surface area is 69.8 Å². The maximum Gasteiger partial charge on any atom is 0.0542 e. The molecule has 1 rings (SSSR count). The number of hydrogen-bond donors (Lipinski definition) is 1. The van der Waals surface area contributed by atoms with Gasteiger partial charge in [-0.25, -0.2) is 0 Å². The van der Waals surface area contributed by atoms with Crippen LogP contribution in [0.15, 0.2) is 0 Å². The lowest BCUT2D eigenvalue weighted by atomic mass is 9.82. The summed E-state index contributed by atoms with van der Waals surface area (Å²) in [5.74, 6) is 1.60. The maximum absolute atomic E-state index is 9.39. The minimum absolute atomic E-state index is 0.00694. The lowest BCUT2D eigenvalue weighted by molar-refractivity contribution is 0.0941. The smallest absolute Gasteiger partial charge is 0.0542 e. The molecule has 2 atom stereocenters. The zero-order valence-corrected chi connectivity index (χ0v) is 7.71. The molecular formula is C10H20O. The third-order valence-electron chi connectivity index (χ3n) is 2.56. The van der Waals surface area contributed by atoms with E-state index in [1.807, 2.05) is 0 Å². The summed E-state index contributed by atoms with van der Waals surface area (Å²) in [6.45, 7) is 4.53. The van der Waals surface area contributed by atoms with Crippen LogP contribution in [0.1, 0.15) is 46.0 Å². The fraction of sp³-hybridized carbons (Fsp3) is 1.00. The van der Waals surface area contributed by atoms with Crippen LogP contribution in [0, 0.1) is 11.8 Å². The Bertz CT molecular complexity index is 107. The van der Waals surface area contributed by atoms with Crippen molar-refractivity contribution in [2.75, 3.05) is 0 Å². The summed E-state index contributed by atoms with van der Waals surface area (Å²) in [6.07, 6.45) is 5.98. The van der Waals surface area contributed by atoms with Crippen molar-refractivity contribution >= 4 is 0 Å². The molecule has 1 aliphatic carbocycles. The van der Waals surface area contributed by atoms with Crippen LogP contribution in [0.4, 0.5) is 0 Å². The Morgan fingerprint density at radius 2 is 2.09 bits per heavy atom. The fourth-order valence-corrected chi connectivity index (χ4v) is 2.14. The first-order valence-electron chi connectivity index (χ1n) is 4.86. The molecule has 0 aromatic heterocycles. The Hall–Kier alpha value is -0.0400. The molecule has 0 spiro atoms. The second-order valence-corrected chi connectivity index (χ2v) is 4.32. The van der Waals surface area contributed by atoms with E-state index in [1.165, 1.54) is 19.3 Å². The highest BCUT2D eigenvalue weighted by Gasteiger charge is 2.20. The summed E-state index contributed by atoms with van der Waals surface area (Å²) in [6, 6.07) is 0. The van der Waals surface area contributed by atoms with Gasteiger partial charge in [-0.15, -0.1) is 0 Å². The van der Waals surface area contributed by atoms with Crippen molar-refractivity contribution in [2.24, 2.45) is 11.8 Å². The normalized spacial score (nSPS) is 32.7. The van der Waals surface area contributed by atoms with E-state index < -0.39 is 0 Å². The predicted molar refractivity (Wildman–Crippen MR) is 47.4 cm³/mol. The van der Waals surface area contributed by atoms with Crippen LogP contribution >= 0.6 is 0 Å². The summed E-state index contributed by atoms with van der Waals surface area (Å²) in [7, 11) is 0. The van der Waals surface area contributed by atoms with Crippen LogP contribution < -0.4 is 0 Å². The van der Waals surface area contributed by atoms with Gasteiger partial charge in [-0.05, 0) is 31.1 Å². The summed E-state index contributed by atoms with van der Waals surface area (Å²) >= 11 is 0. The largest absolute Gasteiger partial charge is 0.393 e. The number of hydrogen-bond acceptors (Lipinski definition) is 1. The van der Waals surface area contributed by atoms with E-state index in [1.54, 1.807) is 0 Å². The summed E-state index contributed by atoms with van der Waals surface area (Å²) in [4.78, 5) is 0. The topological polar surface area (TPSA) is 20.2 Å². The molecule has 0 radical (unpaired) electrons. The van der Waals surface area contributed by atoms with Crippen LogP contribution in [0.5, 0.6) is 0 Å². The minimum Gasteiger partial charge on any atom is -0.393 e. The first-order valence-corrected chi connectivity index (χ1v) is 4.86. The van der Waals surface area contributed by atoms with E-state index in [4.69, 9.17) is 0 Å². The van der Waals surface area contributed by atoms with Crippen molar-refractivity contribution in [3.05, 3.63) is 0 Å². The highest BCUT2D eigenvalue weighted by Crippen LogP contribution is 2.28. The van der Waals surface area contributed by atoms with E-state index in [-0.39, 0.29) is 6.10 Å². The van der Waals surface area contributed by atoms with E-state index >= 15 is 0 Å². The van der Waals surface area contributed by atoms with Gasteiger partial charge in [0.15, 0.2) is 0 Å². The standard InChI is InChI=1S/C10H20O/c1-8(2)6-9-4-3-5-10(11)7-9/h8-11H,3-7H2,1-2H3/t9-,10-/m1/s1. The first kappa shape index (κ1) is 9.05. The second-order valence-electron chi connectivity index (χ2n) is 4.32. The summed E-state index contributed by atoms with van der Waals surface area (Å²) in [5.41, 5.74) is 0. The van der Waals surface area contributed by atoms with Gasteiger partial charge in [0, 0.05) is 0 Å². The SMILES string of the molecule is CC(C)C[C@H]1CCC[C@@H](O)C1. The summed E-state index contributed by atoms with van der Waals surface area (Å²) < 4.78 is 0. The molecule has 1 aliphatic rings. The van der Waals surface area contributed by atoms with Crippen LogP contribution in [0.2, 0.25) is 0 Å². The average molecular weight is 156 g/mol. The number of rotatable bonds is 2. The predicted octanol–water partition coefficient (Wildman–Crippen LogP) is 2.58. The Morgan fingerprint density at radius 3 is 2.64 bits per heavy atom. The van der Waals surface area contributed by atoms with Crippen molar-refractivity contribution in [3.63, 3.8) is 0 Å². The molecule has 0 unspecified atom stereocenters. The summed E-state index contributed by atoms with van der Waals surface area (Å²) in [5, 5.41) is 9.39. The van der Waals surface area contributed by atoms with Gasteiger partial charge in [-0.1, -0.05) is 26.7 Å². The van der Waals surface area contributed by atoms with Crippen molar-refractivity contribution < 1.29 is 5.11 Å². The molecular weight excluding hydrogens is 136 g/mol. The van der Waals surface area contributed by atoms with Crippen LogP contribution in [-0.2, 0) is 0 Å². The molecule has 1 fully saturated rings. The molecule has 1 heteroatoms. The van der Waals surface area contributed by atoms with Gasteiger partial charge in [-0.2, -0.15) is 0 Å². The number of aliphatic hydroxyl groups is 1. The third kappa shape index (κ3) is 3.24. The van der Waals surface area contributed by atoms with E-state index in [0.29, 0.717) is 0 Å². The van der Waals surface area contributed by atoms with E-state index in [2.05, 4.69) is 13.8 Å². The van der Waals surface area contributed by atoms with Gasteiger partial charge in [-0.3, -0.25) is 0 Å².